The molecule has 0 unspecified atom stereocenters. The Morgan fingerprint density at radius 3 is 2.70 bits per heavy atom. The van der Waals surface area contributed by atoms with Gasteiger partial charge >= 0.3 is 0 Å². The summed E-state index contributed by atoms with van der Waals surface area (Å²) in [5.74, 6) is 0.661. The zero-order valence-corrected chi connectivity index (χ0v) is 19.2. The number of carbonyl (C=O) groups excluding carboxylic acids is 1. The molecule has 4 heterocycles. The van der Waals surface area contributed by atoms with E-state index in [-0.39, 0.29) is 12.4 Å². The number of Topliss-reactive ketones (excluding diaryl/α,β-unsaturated/α-hetero) is 1. The van der Waals surface area contributed by atoms with Gasteiger partial charge in [0.15, 0.2) is 11.6 Å². The number of aromatic nitrogens is 5. The van der Waals surface area contributed by atoms with Crippen molar-refractivity contribution in [2.24, 2.45) is 0 Å². The molecule has 0 saturated carbocycles. The van der Waals surface area contributed by atoms with Crippen molar-refractivity contribution >= 4 is 22.5 Å². The van der Waals surface area contributed by atoms with Crippen molar-refractivity contribution in [3.63, 3.8) is 0 Å². The molecule has 3 aromatic heterocycles. The minimum Gasteiger partial charge on any atom is -0.394 e. The molecule has 0 spiro atoms. The third-order valence-corrected chi connectivity index (χ3v) is 6.36. The number of aliphatic hydroxyl groups is 1. The van der Waals surface area contributed by atoms with Crippen molar-refractivity contribution in [1.82, 2.24) is 29.6 Å². The van der Waals surface area contributed by atoms with E-state index in [0.29, 0.717) is 17.9 Å². The van der Waals surface area contributed by atoms with Crippen molar-refractivity contribution < 1.29 is 9.90 Å². The number of nitrogens with one attached hydrogen (secondary N) is 2. The number of anilines is 1. The predicted octanol–water partition coefficient (Wildman–Crippen LogP) is 2.68. The molecule has 1 aromatic carbocycles. The summed E-state index contributed by atoms with van der Waals surface area (Å²) in [6.07, 6.45) is 3.57. The number of hydrogen-bond donors (Lipinski definition) is 3. The van der Waals surface area contributed by atoms with Crippen LogP contribution in [0.5, 0.6) is 0 Å². The second kappa shape index (κ2) is 8.49. The third kappa shape index (κ3) is 3.94. The second-order valence-corrected chi connectivity index (χ2v) is 8.72. The number of nitrogens with zero attached hydrogens (tertiary/aromatic N) is 5. The Morgan fingerprint density at radius 1 is 1.18 bits per heavy atom. The van der Waals surface area contributed by atoms with E-state index in [9.17, 15) is 9.90 Å². The highest BCUT2D eigenvalue weighted by atomic mass is 16.3. The molecular formula is C24H29N7O2. The number of aryl methyl sites for hydroxylation is 1. The topological polar surface area (TPSA) is 106 Å². The summed E-state index contributed by atoms with van der Waals surface area (Å²) >= 11 is 0. The number of imidazole rings is 1. The number of fused-ring (bicyclic) bond motifs is 1. The van der Waals surface area contributed by atoms with Crippen LogP contribution in [-0.2, 0) is 6.54 Å². The largest absolute Gasteiger partial charge is 0.394 e. The molecule has 3 N–H and O–H groups in total. The number of piperazine rings is 1. The Morgan fingerprint density at radius 2 is 1.97 bits per heavy atom. The molecule has 1 fully saturated rings. The molecule has 0 atom stereocenters. The molecule has 1 saturated heterocycles. The lowest BCUT2D eigenvalue weighted by Crippen LogP contribution is -2.44. The maximum Gasteiger partial charge on any atom is 0.162 e. The number of likely N-dealkylation sites (N-methyl/N-ethyl adjacent to an activating group) is 1. The predicted molar refractivity (Wildman–Crippen MR) is 129 cm³/mol. The SMILES string of the molecule is CC(=O)c1c(C)[nH]c(-c2nc3ccc(N4CCN(C)CC4)cc3[nH]2)c1-c1cnn(CCO)c1. The zero-order valence-electron chi connectivity index (χ0n) is 19.2. The molecule has 4 aromatic rings. The molecule has 9 nitrogen and oxygen atoms in total. The van der Waals surface area contributed by atoms with E-state index < -0.39 is 0 Å². The lowest BCUT2D eigenvalue weighted by atomic mass is 10.0. The molecule has 1 aliphatic heterocycles. The van der Waals surface area contributed by atoms with Gasteiger partial charge in [-0.25, -0.2) is 4.98 Å². The molecule has 1 aliphatic rings. The standard InChI is InChI=1S/C24H29N7O2/c1-15-21(16(2)33)22(17-13-25-31(14-17)10-11-32)23(26-15)24-27-19-5-4-18(12-20(19)28-24)30-8-6-29(3)7-9-30/h4-5,12-14,26,32H,6-11H2,1-3H3,(H,27,28). The number of aromatic amines is 2. The Kier molecular flexibility index (Phi) is 5.51. The van der Waals surface area contributed by atoms with Gasteiger partial charge in [-0.1, -0.05) is 0 Å². The van der Waals surface area contributed by atoms with Crippen LogP contribution in [0, 0.1) is 6.92 Å². The minimum atomic E-state index is -0.0200. The first-order valence-corrected chi connectivity index (χ1v) is 11.3. The lowest BCUT2D eigenvalue weighted by Gasteiger charge is -2.34. The van der Waals surface area contributed by atoms with Crippen molar-refractivity contribution in [1.29, 1.82) is 0 Å². The molecule has 0 bridgehead atoms. The van der Waals surface area contributed by atoms with Gasteiger partial charge in [-0.3, -0.25) is 9.48 Å². The number of H-pyrrole nitrogens is 2. The van der Waals surface area contributed by atoms with E-state index in [1.54, 1.807) is 17.8 Å². The average molecular weight is 448 g/mol. The quantitative estimate of drug-likeness (QED) is 0.393. The molecule has 5 rings (SSSR count). The van der Waals surface area contributed by atoms with E-state index in [1.165, 1.54) is 5.69 Å². The van der Waals surface area contributed by atoms with Crippen LogP contribution in [0.1, 0.15) is 23.0 Å². The van der Waals surface area contributed by atoms with Crippen molar-refractivity contribution in [3.8, 4) is 22.6 Å². The van der Waals surface area contributed by atoms with E-state index in [4.69, 9.17) is 4.98 Å². The molecule has 0 amide bonds. The Hall–Kier alpha value is -3.43. The monoisotopic (exact) mass is 447 g/mol. The van der Waals surface area contributed by atoms with Crippen LogP contribution in [0.3, 0.4) is 0 Å². The summed E-state index contributed by atoms with van der Waals surface area (Å²) < 4.78 is 1.67. The number of rotatable bonds is 6. The van der Waals surface area contributed by atoms with Crippen molar-refractivity contribution in [2.45, 2.75) is 20.4 Å². The maximum atomic E-state index is 12.5. The summed E-state index contributed by atoms with van der Waals surface area (Å²) in [7, 11) is 2.15. The summed E-state index contributed by atoms with van der Waals surface area (Å²) in [6.45, 7) is 7.97. The second-order valence-electron chi connectivity index (χ2n) is 8.72. The molecule has 0 radical (unpaired) electrons. The van der Waals surface area contributed by atoms with Gasteiger partial charge in [-0.05, 0) is 39.1 Å². The first-order chi connectivity index (χ1) is 15.9. The van der Waals surface area contributed by atoms with Gasteiger partial charge in [-0.15, -0.1) is 0 Å². The van der Waals surface area contributed by atoms with Crippen molar-refractivity contribution in [3.05, 3.63) is 41.9 Å². The average Bonchev–Trinajstić information content (AvgIpc) is 3.50. The molecule has 0 aliphatic carbocycles. The fourth-order valence-electron chi connectivity index (χ4n) is 4.63. The highest BCUT2D eigenvalue weighted by molar-refractivity contribution is 6.05. The van der Waals surface area contributed by atoms with Crippen LogP contribution in [0.2, 0.25) is 0 Å². The van der Waals surface area contributed by atoms with E-state index >= 15 is 0 Å². The highest BCUT2D eigenvalue weighted by Crippen LogP contribution is 2.36. The molecular weight excluding hydrogens is 418 g/mol. The summed E-state index contributed by atoms with van der Waals surface area (Å²) in [5.41, 5.74) is 6.80. The summed E-state index contributed by atoms with van der Waals surface area (Å²) in [4.78, 5) is 28.9. The van der Waals surface area contributed by atoms with Crippen LogP contribution in [-0.4, -0.2) is 80.4 Å². The number of ketones is 1. The Bertz CT molecular complexity index is 1310. The van der Waals surface area contributed by atoms with Gasteiger partial charge in [0, 0.05) is 60.4 Å². The number of aliphatic hydroxyl groups excluding tert-OH is 1. The minimum absolute atomic E-state index is 0.00107. The van der Waals surface area contributed by atoms with E-state index in [2.05, 4.69) is 44.0 Å². The van der Waals surface area contributed by atoms with Crippen LogP contribution < -0.4 is 4.90 Å². The van der Waals surface area contributed by atoms with Crippen LogP contribution in [0.4, 0.5) is 5.69 Å². The van der Waals surface area contributed by atoms with Gasteiger partial charge in [0.05, 0.1) is 36.1 Å². The maximum absolute atomic E-state index is 12.5. The fraction of sp³-hybridized carbons (Fsp3) is 0.375. The number of carbonyl (C=O) groups is 1. The van der Waals surface area contributed by atoms with E-state index in [0.717, 1.165) is 59.7 Å². The number of hydrogen-bond acceptors (Lipinski definition) is 6. The summed E-state index contributed by atoms with van der Waals surface area (Å²) in [6, 6.07) is 6.32. The Labute approximate surface area is 192 Å². The van der Waals surface area contributed by atoms with Gasteiger partial charge in [0.1, 0.15) is 0 Å². The lowest BCUT2D eigenvalue weighted by molar-refractivity contribution is 0.101. The highest BCUT2D eigenvalue weighted by Gasteiger charge is 2.24. The van der Waals surface area contributed by atoms with Gasteiger partial charge in [0.25, 0.3) is 0 Å². The number of benzene rings is 1. The van der Waals surface area contributed by atoms with Crippen LogP contribution in [0.15, 0.2) is 30.6 Å². The van der Waals surface area contributed by atoms with Gasteiger partial charge in [-0.2, -0.15) is 5.10 Å². The van der Waals surface area contributed by atoms with Gasteiger partial charge in [0.2, 0.25) is 0 Å². The van der Waals surface area contributed by atoms with E-state index in [1.807, 2.05) is 19.2 Å². The van der Waals surface area contributed by atoms with Crippen LogP contribution in [0.25, 0.3) is 33.7 Å². The van der Waals surface area contributed by atoms with Crippen molar-refractivity contribution in [2.75, 3.05) is 44.7 Å². The first kappa shape index (κ1) is 21.4. The smallest absolute Gasteiger partial charge is 0.162 e. The molecule has 172 valence electrons. The van der Waals surface area contributed by atoms with Gasteiger partial charge < -0.3 is 24.9 Å². The van der Waals surface area contributed by atoms with Crippen LogP contribution >= 0.6 is 0 Å². The fourth-order valence-corrected chi connectivity index (χ4v) is 4.63. The summed E-state index contributed by atoms with van der Waals surface area (Å²) in [5, 5.41) is 13.6. The molecule has 33 heavy (non-hydrogen) atoms. The third-order valence-electron chi connectivity index (χ3n) is 6.36. The normalized spacial score (nSPS) is 15.0. The zero-order chi connectivity index (χ0) is 23.1. The molecule has 9 heteroatoms. The Balaban J connectivity index is 1.57. The first-order valence-electron chi connectivity index (χ1n) is 11.3.